The molecule has 2 N–H and O–H groups in total. The highest BCUT2D eigenvalue weighted by Crippen LogP contribution is 2.17. The number of likely N-dealkylation sites (tertiary alicyclic amines) is 1. The molecule has 0 aromatic rings. The molecule has 2 atom stereocenters. The van der Waals surface area contributed by atoms with Gasteiger partial charge in [0, 0.05) is 12.1 Å². The first-order chi connectivity index (χ1) is 5.25. The summed E-state index contributed by atoms with van der Waals surface area (Å²) in [5.74, 6) is 0. The molecule has 1 fully saturated rings. The summed E-state index contributed by atoms with van der Waals surface area (Å²) in [6, 6.07) is 1.07. The molecule has 0 spiro atoms. The molecule has 1 heterocycles. The Kier molecular flexibility index (Phi) is 3.34. The number of likely N-dealkylation sites (N-methyl/N-ethyl adjacent to an activating group) is 1. The van der Waals surface area contributed by atoms with Gasteiger partial charge in [0.15, 0.2) is 0 Å². The number of piperidine rings is 1. The lowest BCUT2D eigenvalue weighted by atomic mass is 9.94. The second-order valence-corrected chi connectivity index (χ2v) is 3.64. The van der Waals surface area contributed by atoms with Gasteiger partial charge in [0.2, 0.25) is 0 Å². The summed E-state index contributed by atoms with van der Waals surface area (Å²) in [5, 5.41) is 0. The predicted octanol–water partition coefficient (Wildman–Crippen LogP) is 1.21. The van der Waals surface area contributed by atoms with E-state index in [0.29, 0.717) is 12.1 Å². The smallest absolute Gasteiger partial charge is 0.0244 e. The van der Waals surface area contributed by atoms with E-state index in [0.717, 1.165) is 0 Å². The van der Waals surface area contributed by atoms with Gasteiger partial charge < -0.3 is 10.6 Å². The van der Waals surface area contributed by atoms with Crippen molar-refractivity contribution in [3.05, 3.63) is 0 Å². The number of nitrogens with zero attached hydrogens (tertiary/aromatic N) is 1. The van der Waals surface area contributed by atoms with Crippen molar-refractivity contribution in [1.29, 1.82) is 0 Å². The van der Waals surface area contributed by atoms with E-state index in [-0.39, 0.29) is 0 Å². The minimum atomic E-state index is 0.425. The number of nitrogens with two attached hydrogens (primary N) is 1. The van der Waals surface area contributed by atoms with Gasteiger partial charge in [-0.15, -0.1) is 0 Å². The van der Waals surface area contributed by atoms with Crippen LogP contribution in [0.3, 0.4) is 0 Å². The number of hydrogen-bond donors (Lipinski definition) is 1. The van der Waals surface area contributed by atoms with E-state index in [9.17, 15) is 0 Å². The minimum absolute atomic E-state index is 0.425. The molecular formula is C9H20N2. The lowest BCUT2D eigenvalue weighted by Crippen LogP contribution is -2.50. The molecule has 0 aromatic carbocycles. The third kappa shape index (κ3) is 2.17. The van der Waals surface area contributed by atoms with Gasteiger partial charge in [-0.1, -0.05) is 13.3 Å². The molecule has 0 radical (unpaired) electrons. The monoisotopic (exact) mass is 156 g/mol. The Morgan fingerprint density at radius 2 is 2.27 bits per heavy atom. The first kappa shape index (κ1) is 9.01. The molecule has 0 saturated carbocycles. The lowest BCUT2D eigenvalue weighted by molar-refractivity contribution is 0.152. The zero-order valence-electron chi connectivity index (χ0n) is 7.71. The minimum Gasteiger partial charge on any atom is -0.326 e. The summed E-state index contributed by atoms with van der Waals surface area (Å²) >= 11 is 0. The molecule has 2 unspecified atom stereocenters. The van der Waals surface area contributed by atoms with Crippen molar-refractivity contribution in [2.45, 2.75) is 44.7 Å². The molecular weight excluding hydrogens is 136 g/mol. The lowest BCUT2D eigenvalue weighted by Gasteiger charge is -2.37. The van der Waals surface area contributed by atoms with E-state index in [1.807, 2.05) is 0 Å². The number of rotatable bonds is 2. The van der Waals surface area contributed by atoms with Crippen molar-refractivity contribution in [3.8, 4) is 0 Å². The average Bonchev–Trinajstić information content (AvgIpc) is 1.97. The summed E-state index contributed by atoms with van der Waals surface area (Å²) in [6.45, 7) is 3.47. The molecule has 66 valence electrons. The van der Waals surface area contributed by atoms with Crippen LogP contribution < -0.4 is 5.73 Å². The average molecular weight is 156 g/mol. The molecule has 0 aliphatic carbocycles. The fourth-order valence-electron chi connectivity index (χ4n) is 1.99. The van der Waals surface area contributed by atoms with E-state index in [2.05, 4.69) is 18.9 Å². The van der Waals surface area contributed by atoms with Gasteiger partial charge in [0.25, 0.3) is 0 Å². The fraction of sp³-hybridized carbons (Fsp3) is 1.00. The van der Waals surface area contributed by atoms with Crippen molar-refractivity contribution in [2.24, 2.45) is 5.73 Å². The van der Waals surface area contributed by atoms with Crippen LogP contribution in [0.4, 0.5) is 0 Å². The van der Waals surface area contributed by atoms with Gasteiger partial charge in [0.1, 0.15) is 0 Å². The summed E-state index contributed by atoms with van der Waals surface area (Å²) in [5.41, 5.74) is 6.01. The van der Waals surface area contributed by atoms with Crippen LogP contribution in [0.2, 0.25) is 0 Å². The number of hydrogen-bond acceptors (Lipinski definition) is 2. The van der Waals surface area contributed by atoms with E-state index in [1.165, 1.54) is 32.2 Å². The molecule has 1 saturated heterocycles. The Morgan fingerprint density at radius 3 is 2.82 bits per heavy atom. The molecule has 0 bridgehead atoms. The Bertz CT molecular complexity index is 104. The van der Waals surface area contributed by atoms with Crippen LogP contribution in [0.5, 0.6) is 0 Å². The van der Waals surface area contributed by atoms with Crippen molar-refractivity contribution in [2.75, 3.05) is 13.6 Å². The van der Waals surface area contributed by atoms with Crippen molar-refractivity contribution in [3.63, 3.8) is 0 Å². The van der Waals surface area contributed by atoms with E-state index in [1.54, 1.807) is 0 Å². The zero-order valence-corrected chi connectivity index (χ0v) is 7.71. The molecule has 0 aromatic heterocycles. The molecule has 2 nitrogen and oxygen atoms in total. The normalized spacial score (nSPS) is 34.1. The molecule has 11 heavy (non-hydrogen) atoms. The first-order valence-electron chi connectivity index (χ1n) is 4.71. The summed E-state index contributed by atoms with van der Waals surface area (Å²) in [7, 11) is 2.19. The Morgan fingerprint density at radius 1 is 1.55 bits per heavy atom. The van der Waals surface area contributed by atoms with Gasteiger partial charge in [-0.3, -0.25) is 0 Å². The highest BCUT2D eigenvalue weighted by atomic mass is 15.2. The molecule has 2 heteroatoms. The van der Waals surface area contributed by atoms with Crippen LogP contribution in [-0.4, -0.2) is 30.6 Å². The topological polar surface area (TPSA) is 29.3 Å². The first-order valence-corrected chi connectivity index (χ1v) is 4.71. The summed E-state index contributed by atoms with van der Waals surface area (Å²) in [4.78, 5) is 2.41. The largest absolute Gasteiger partial charge is 0.326 e. The van der Waals surface area contributed by atoms with Crippen LogP contribution in [0.25, 0.3) is 0 Å². The SMILES string of the molecule is CCCC1C(N)CCCN1C. The second kappa shape index (κ2) is 4.07. The van der Waals surface area contributed by atoms with Crippen LogP contribution in [-0.2, 0) is 0 Å². The van der Waals surface area contributed by atoms with E-state index < -0.39 is 0 Å². The maximum Gasteiger partial charge on any atom is 0.0244 e. The Balaban J connectivity index is 2.41. The van der Waals surface area contributed by atoms with Crippen molar-refractivity contribution >= 4 is 0 Å². The van der Waals surface area contributed by atoms with E-state index in [4.69, 9.17) is 5.73 Å². The molecule has 0 amide bonds. The maximum atomic E-state index is 6.01. The standard InChI is InChI=1S/C9H20N2/c1-3-5-9-8(10)6-4-7-11(9)2/h8-9H,3-7,10H2,1-2H3. The fourth-order valence-corrected chi connectivity index (χ4v) is 1.99. The summed E-state index contributed by atoms with van der Waals surface area (Å²) < 4.78 is 0. The highest BCUT2D eigenvalue weighted by molar-refractivity contribution is 4.84. The van der Waals surface area contributed by atoms with Gasteiger partial charge in [-0.25, -0.2) is 0 Å². The van der Waals surface area contributed by atoms with Crippen LogP contribution >= 0.6 is 0 Å². The van der Waals surface area contributed by atoms with Gasteiger partial charge in [0.05, 0.1) is 0 Å². The van der Waals surface area contributed by atoms with Crippen LogP contribution in [0.15, 0.2) is 0 Å². The molecule has 1 aliphatic heterocycles. The second-order valence-electron chi connectivity index (χ2n) is 3.64. The van der Waals surface area contributed by atoms with Crippen LogP contribution in [0, 0.1) is 0 Å². The zero-order chi connectivity index (χ0) is 8.27. The quantitative estimate of drug-likeness (QED) is 0.651. The maximum absolute atomic E-state index is 6.01. The van der Waals surface area contributed by atoms with Gasteiger partial charge in [-0.05, 0) is 32.9 Å². The highest BCUT2D eigenvalue weighted by Gasteiger charge is 2.24. The predicted molar refractivity (Wildman–Crippen MR) is 48.5 cm³/mol. The molecule has 1 rings (SSSR count). The third-order valence-electron chi connectivity index (χ3n) is 2.69. The Labute approximate surface area is 69.8 Å². The van der Waals surface area contributed by atoms with Gasteiger partial charge in [-0.2, -0.15) is 0 Å². The third-order valence-corrected chi connectivity index (χ3v) is 2.69. The molecule has 1 aliphatic rings. The van der Waals surface area contributed by atoms with E-state index >= 15 is 0 Å². The summed E-state index contributed by atoms with van der Waals surface area (Å²) in [6.07, 6.45) is 5.01. The van der Waals surface area contributed by atoms with Gasteiger partial charge >= 0.3 is 0 Å². The van der Waals surface area contributed by atoms with Crippen LogP contribution in [0.1, 0.15) is 32.6 Å². The van der Waals surface area contributed by atoms with Crippen molar-refractivity contribution < 1.29 is 0 Å². The Hall–Kier alpha value is -0.0800. The van der Waals surface area contributed by atoms with Crippen molar-refractivity contribution in [1.82, 2.24) is 4.90 Å².